The van der Waals surface area contributed by atoms with Gasteiger partial charge in [0.25, 0.3) is 0 Å². The first kappa shape index (κ1) is 15.0. The van der Waals surface area contributed by atoms with Gasteiger partial charge in [-0.15, -0.1) is 0 Å². The maximum Gasteiger partial charge on any atom is 0.240 e. The van der Waals surface area contributed by atoms with E-state index < -0.39 is 0 Å². The molecule has 1 heterocycles. The summed E-state index contributed by atoms with van der Waals surface area (Å²) in [5, 5.41) is 6.16. The van der Waals surface area contributed by atoms with E-state index >= 15 is 0 Å². The number of morpholine rings is 1. The van der Waals surface area contributed by atoms with Crippen molar-refractivity contribution in [2.75, 3.05) is 13.2 Å². The average Bonchev–Trinajstić information content (AvgIpc) is 2.45. The summed E-state index contributed by atoms with van der Waals surface area (Å²) >= 11 is 0. The molecule has 1 saturated heterocycles. The van der Waals surface area contributed by atoms with Crippen LogP contribution >= 0.6 is 0 Å². The molecule has 20 heavy (non-hydrogen) atoms. The van der Waals surface area contributed by atoms with Crippen LogP contribution in [0.25, 0.3) is 0 Å². The first-order valence-electron chi connectivity index (χ1n) is 7.29. The van der Waals surface area contributed by atoms with E-state index in [2.05, 4.69) is 48.7 Å². The van der Waals surface area contributed by atoms with Crippen LogP contribution in [-0.4, -0.2) is 31.2 Å². The molecule has 4 nitrogen and oxygen atoms in total. The Kier molecular flexibility index (Phi) is 5.15. The van der Waals surface area contributed by atoms with E-state index in [1.54, 1.807) is 0 Å². The van der Waals surface area contributed by atoms with Crippen LogP contribution in [0, 0.1) is 0 Å². The fourth-order valence-electron chi connectivity index (χ4n) is 2.35. The quantitative estimate of drug-likeness (QED) is 0.881. The van der Waals surface area contributed by atoms with Gasteiger partial charge in [-0.05, 0) is 24.0 Å². The van der Waals surface area contributed by atoms with E-state index in [0.717, 1.165) is 12.1 Å². The smallest absolute Gasteiger partial charge is 0.240 e. The minimum absolute atomic E-state index is 0.00476. The topological polar surface area (TPSA) is 50.4 Å². The van der Waals surface area contributed by atoms with Crippen LogP contribution in [-0.2, 0) is 16.1 Å². The van der Waals surface area contributed by atoms with Crippen molar-refractivity contribution in [1.29, 1.82) is 0 Å². The molecule has 0 radical (unpaired) electrons. The van der Waals surface area contributed by atoms with Gasteiger partial charge in [-0.3, -0.25) is 4.79 Å². The second-order valence-corrected chi connectivity index (χ2v) is 5.62. The molecule has 1 aliphatic heterocycles. The second-order valence-electron chi connectivity index (χ2n) is 5.62. The Bertz CT molecular complexity index is 442. The molecule has 2 atom stereocenters. The third-order valence-electron chi connectivity index (χ3n) is 3.71. The van der Waals surface area contributed by atoms with Gasteiger partial charge in [0.1, 0.15) is 6.04 Å². The molecule has 0 spiro atoms. The van der Waals surface area contributed by atoms with Crippen molar-refractivity contribution in [2.24, 2.45) is 0 Å². The predicted octanol–water partition coefficient (Wildman–Crippen LogP) is 1.80. The fourth-order valence-corrected chi connectivity index (χ4v) is 2.35. The maximum atomic E-state index is 12.1. The number of carbonyl (C=O) groups excluding carboxylic acids is 1. The lowest BCUT2D eigenvalue weighted by Gasteiger charge is -2.29. The summed E-state index contributed by atoms with van der Waals surface area (Å²) in [5.74, 6) is 0.535. The molecular formula is C16H24N2O2. The van der Waals surface area contributed by atoms with Crippen LogP contribution in [0.5, 0.6) is 0 Å². The summed E-state index contributed by atoms with van der Waals surface area (Å²) in [7, 11) is 0. The Balaban J connectivity index is 1.86. The molecular weight excluding hydrogens is 252 g/mol. The molecule has 4 heteroatoms. The molecule has 0 aromatic heterocycles. The zero-order valence-electron chi connectivity index (χ0n) is 12.5. The molecule has 1 amide bonds. The van der Waals surface area contributed by atoms with Crippen molar-refractivity contribution >= 4 is 5.91 Å². The molecule has 0 aliphatic carbocycles. The van der Waals surface area contributed by atoms with Crippen molar-refractivity contribution < 1.29 is 9.53 Å². The first-order chi connectivity index (χ1) is 9.58. The molecule has 1 aromatic rings. The first-order valence-corrected chi connectivity index (χ1v) is 7.29. The average molecular weight is 276 g/mol. The largest absolute Gasteiger partial charge is 0.375 e. The SMILES string of the molecule is CC(C)c1ccc(CNC(=O)[C@H]2NCCO[C@@H]2C)cc1. The van der Waals surface area contributed by atoms with E-state index in [1.807, 2.05) is 6.92 Å². The Labute approximate surface area is 120 Å². The monoisotopic (exact) mass is 276 g/mol. The lowest BCUT2D eigenvalue weighted by atomic mass is 10.0. The van der Waals surface area contributed by atoms with Gasteiger partial charge in [0.05, 0.1) is 12.7 Å². The van der Waals surface area contributed by atoms with Crippen LogP contribution in [0.2, 0.25) is 0 Å². The lowest BCUT2D eigenvalue weighted by Crippen LogP contribution is -2.55. The Morgan fingerprint density at radius 2 is 2.10 bits per heavy atom. The Hall–Kier alpha value is -1.39. The van der Waals surface area contributed by atoms with Gasteiger partial charge in [-0.1, -0.05) is 38.1 Å². The Morgan fingerprint density at radius 1 is 1.40 bits per heavy atom. The van der Waals surface area contributed by atoms with Crippen LogP contribution in [0.1, 0.15) is 37.8 Å². The Morgan fingerprint density at radius 3 is 2.70 bits per heavy atom. The fraction of sp³-hybridized carbons (Fsp3) is 0.562. The number of amides is 1. The van der Waals surface area contributed by atoms with Crippen molar-refractivity contribution in [1.82, 2.24) is 10.6 Å². The third kappa shape index (κ3) is 3.81. The standard InChI is InChI=1S/C16H24N2O2/c1-11(2)14-6-4-13(5-7-14)10-18-16(19)15-12(3)20-9-8-17-15/h4-7,11-12,15,17H,8-10H2,1-3H3,(H,18,19)/t12-,15+/m1/s1. The van der Waals surface area contributed by atoms with Crippen LogP contribution in [0.3, 0.4) is 0 Å². The number of rotatable bonds is 4. The second kappa shape index (κ2) is 6.86. The van der Waals surface area contributed by atoms with Gasteiger partial charge < -0.3 is 15.4 Å². The van der Waals surface area contributed by atoms with Crippen LogP contribution < -0.4 is 10.6 Å². The van der Waals surface area contributed by atoms with Crippen molar-refractivity contribution in [3.8, 4) is 0 Å². The van der Waals surface area contributed by atoms with E-state index in [0.29, 0.717) is 19.1 Å². The van der Waals surface area contributed by atoms with E-state index in [4.69, 9.17) is 4.74 Å². The number of carbonyl (C=O) groups is 1. The normalized spacial score (nSPS) is 22.8. The molecule has 0 bridgehead atoms. The van der Waals surface area contributed by atoms with Gasteiger partial charge in [-0.25, -0.2) is 0 Å². The number of nitrogens with one attached hydrogen (secondary N) is 2. The highest BCUT2D eigenvalue weighted by Gasteiger charge is 2.27. The van der Waals surface area contributed by atoms with E-state index in [-0.39, 0.29) is 18.1 Å². The van der Waals surface area contributed by atoms with Crippen molar-refractivity contribution in [3.63, 3.8) is 0 Å². The minimum Gasteiger partial charge on any atom is -0.375 e. The summed E-state index contributed by atoms with van der Waals surface area (Å²) < 4.78 is 5.48. The van der Waals surface area contributed by atoms with Crippen LogP contribution in [0.15, 0.2) is 24.3 Å². The van der Waals surface area contributed by atoms with E-state index in [1.165, 1.54) is 5.56 Å². The number of benzene rings is 1. The summed E-state index contributed by atoms with van der Waals surface area (Å²) in [4.78, 5) is 12.1. The molecule has 2 N–H and O–H groups in total. The van der Waals surface area contributed by atoms with Crippen molar-refractivity contribution in [2.45, 2.75) is 45.4 Å². The maximum absolute atomic E-state index is 12.1. The van der Waals surface area contributed by atoms with Crippen LogP contribution in [0.4, 0.5) is 0 Å². The van der Waals surface area contributed by atoms with Gasteiger partial charge in [0.15, 0.2) is 0 Å². The van der Waals surface area contributed by atoms with Crippen molar-refractivity contribution in [3.05, 3.63) is 35.4 Å². The summed E-state index contributed by atoms with van der Waals surface area (Å²) in [5.41, 5.74) is 2.43. The molecule has 110 valence electrons. The minimum atomic E-state index is -0.251. The highest BCUT2D eigenvalue weighted by Crippen LogP contribution is 2.14. The van der Waals surface area contributed by atoms with Gasteiger partial charge >= 0.3 is 0 Å². The highest BCUT2D eigenvalue weighted by molar-refractivity contribution is 5.82. The molecule has 1 aromatic carbocycles. The predicted molar refractivity (Wildman–Crippen MR) is 79.6 cm³/mol. The molecule has 2 rings (SSSR count). The van der Waals surface area contributed by atoms with Gasteiger partial charge in [-0.2, -0.15) is 0 Å². The highest BCUT2D eigenvalue weighted by atomic mass is 16.5. The number of ether oxygens (including phenoxy) is 1. The zero-order valence-corrected chi connectivity index (χ0v) is 12.5. The summed E-state index contributed by atoms with van der Waals surface area (Å²) in [6.07, 6.45) is -0.0768. The molecule has 0 saturated carbocycles. The summed E-state index contributed by atoms with van der Waals surface area (Å²) in [6.45, 7) is 8.23. The zero-order chi connectivity index (χ0) is 14.5. The van der Waals surface area contributed by atoms with Gasteiger partial charge in [0.2, 0.25) is 5.91 Å². The molecule has 0 unspecified atom stereocenters. The summed E-state index contributed by atoms with van der Waals surface area (Å²) in [6, 6.07) is 8.14. The van der Waals surface area contributed by atoms with E-state index in [9.17, 15) is 4.79 Å². The third-order valence-corrected chi connectivity index (χ3v) is 3.71. The number of hydrogen-bond donors (Lipinski definition) is 2. The lowest BCUT2D eigenvalue weighted by molar-refractivity contribution is -0.129. The molecule has 1 aliphatic rings. The van der Waals surface area contributed by atoms with Gasteiger partial charge in [0, 0.05) is 13.1 Å². The molecule has 1 fully saturated rings. The number of hydrogen-bond acceptors (Lipinski definition) is 3.